The molecule has 1 unspecified atom stereocenters. The Morgan fingerprint density at radius 3 is 2.52 bits per heavy atom. The maximum Gasteiger partial charge on any atom is 0.240 e. The summed E-state index contributed by atoms with van der Waals surface area (Å²) in [7, 11) is -3.61. The van der Waals surface area contributed by atoms with Crippen LogP contribution in [-0.2, 0) is 10.0 Å². The molecule has 2 aromatic rings. The van der Waals surface area contributed by atoms with Crippen molar-refractivity contribution in [3.63, 3.8) is 0 Å². The van der Waals surface area contributed by atoms with E-state index in [0.717, 1.165) is 0 Å². The monoisotopic (exact) mass is 384 g/mol. The van der Waals surface area contributed by atoms with Gasteiger partial charge in [-0.1, -0.05) is 29.8 Å². The molecule has 4 N–H and O–H groups in total. The highest BCUT2D eigenvalue weighted by atomic mass is 35.5. The molecule has 1 atom stereocenters. The Morgan fingerprint density at radius 2 is 1.96 bits per heavy atom. The number of nitrogens with one attached hydrogen (secondary N) is 1. The van der Waals surface area contributed by atoms with Crippen molar-refractivity contribution in [2.75, 3.05) is 12.3 Å². The van der Waals surface area contributed by atoms with E-state index >= 15 is 0 Å². The van der Waals surface area contributed by atoms with Crippen molar-refractivity contribution in [2.24, 2.45) is 0 Å². The lowest BCUT2D eigenvalue weighted by molar-refractivity contribution is 0.0455. The molecule has 0 aliphatic carbocycles. The van der Waals surface area contributed by atoms with E-state index in [1.54, 1.807) is 32.0 Å². The maximum atomic E-state index is 12.3. The third-order valence-corrected chi connectivity index (χ3v) is 5.52. The van der Waals surface area contributed by atoms with E-state index in [4.69, 9.17) is 17.3 Å². The van der Waals surface area contributed by atoms with Gasteiger partial charge < -0.3 is 10.8 Å². The number of hydrogen-bond acceptors (Lipinski definition) is 6. The molecule has 0 saturated carbocycles. The topological polar surface area (TPSA) is 118 Å². The minimum absolute atomic E-state index is 0.0524. The van der Waals surface area contributed by atoms with Gasteiger partial charge in [0.05, 0.1) is 22.4 Å². The summed E-state index contributed by atoms with van der Waals surface area (Å²) in [5.74, 6) is -0.374. The molecule has 0 amide bonds. The van der Waals surface area contributed by atoms with Crippen LogP contribution in [0, 0.1) is 0 Å². The van der Waals surface area contributed by atoms with Crippen molar-refractivity contribution >= 4 is 27.4 Å². The predicted molar refractivity (Wildman–Crippen MR) is 96.7 cm³/mol. The fourth-order valence-electron chi connectivity index (χ4n) is 2.44. The van der Waals surface area contributed by atoms with Gasteiger partial charge in [-0.3, -0.25) is 0 Å². The van der Waals surface area contributed by atoms with Crippen LogP contribution in [0.15, 0.2) is 41.4 Å². The van der Waals surface area contributed by atoms with E-state index in [9.17, 15) is 13.5 Å². The number of nitrogens with two attached hydrogens (primary N) is 1. The van der Waals surface area contributed by atoms with Crippen molar-refractivity contribution in [1.82, 2.24) is 14.7 Å². The minimum atomic E-state index is -3.61. The van der Waals surface area contributed by atoms with Crippen molar-refractivity contribution in [3.05, 3.63) is 47.4 Å². The van der Waals surface area contributed by atoms with Crippen LogP contribution in [0.2, 0.25) is 5.15 Å². The van der Waals surface area contributed by atoms with Crippen LogP contribution in [0.1, 0.15) is 31.9 Å². The van der Waals surface area contributed by atoms with Gasteiger partial charge in [0.15, 0.2) is 11.0 Å². The van der Waals surface area contributed by atoms with Gasteiger partial charge in [0.2, 0.25) is 10.0 Å². The molecular formula is C16H21ClN4O3S. The highest BCUT2D eigenvalue weighted by molar-refractivity contribution is 7.89. The first-order valence-electron chi connectivity index (χ1n) is 7.66. The second kappa shape index (κ2) is 7.65. The molecule has 0 spiro atoms. The molecule has 2 rings (SSSR count). The molecule has 0 bridgehead atoms. The number of aromatic nitrogens is 2. The Morgan fingerprint density at radius 1 is 1.32 bits per heavy atom. The highest BCUT2D eigenvalue weighted by Crippen LogP contribution is 2.31. The third-order valence-electron chi connectivity index (χ3n) is 3.76. The summed E-state index contributed by atoms with van der Waals surface area (Å²) in [6.45, 7) is 3.36. The maximum absolute atomic E-state index is 12.3. The van der Waals surface area contributed by atoms with Gasteiger partial charge in [0.1, 0.15) is 0 Å². The van der Waals surface area contributed by atoms with E-state index < -0.39 is 21.5 Å². The summed E-state index contributed by atoms with van der Waals surface area (Å²) in [6, 6.07) is 8.08. The molecule has 0 fully saturated rings. The average molecular weight is 385 g/mol. The molecule has 1 heterocycles. The second-order valence-electron chi connectivity index (χ2n) is 6.18. The largest absolute Gasteiger partial charge is 0.390 e. The van der Waals surface area contributed by atoms with Crippen LogP contribution in [-0.4, -0.2) is 35.6 Å². The zero-order valence-corrected chi connectivity index (χ0v) is 15.5. The number of benzene rings is 1. The lowest BCUT2D eigenvalue weighted by Crippen LogP contribution is -2.34. The van der Waals surface area contributed by atoms with E-state index in [1.807, 2.05) is 0 Å². The quantitative estimate of drug-likeness (QED) is 0.671. The summed E-state index contributed by atoms with van der Waals surface area (Å²) >= 11 is 5.90. The van der Waals surface area contributed by atoms with Crippen molar-refractivity contribution in [3.8, 4) is 0 Å². The number of rotatable bonds is 7. The smallest absolute Gasteiger partial charge is 0.240 e. The molecule has 0 aliphatic heterocycles. The van der Waals surface area contributed by atoms with E-state index in [2.05, 4.69) is 14.7 Å². The van der Waals surface area contributed by atoms with E-state index in [1.165, 1.54) is 18.3 Å². The molecular weight excluding hydrogens is 364 g/mol. The number of nitrogens with zero attached hydrogens (tertiary/aromatic N) is 2. The first-order chi connectivity index (χ1) is 11.6. The Kier molecular flexibility index (Phi) is 5.99. The number of sulfonamides is 1. The molecule has 0 saturated heterocycles. The van der Waals surface area contributed by atoms with Gasteiger partial charge in [-0.15, -0.1) is 0 Å². The summed E-state index contributed by atoms with van der Waals surface area (Å²) in [6.07, 6.45) is 1.75. The molecule has 0 aliphatic rings. The normalized spacial score (nSPS) is 13.6. The van der Waals surface area contributed by atoms with Gasteiger partial charge in [-0.2, -0.15) is 0 Å². The highest BCUT2D eigenvalue weighted by Gasteiger charge is 2.30. The Labute approximate surface area is 152 Å². The zero-order chi connectivity index (χ0) is 18.7. The van der Waals surface area contributed by atoms with Gasteiger partial charge >= 0.3 is 0 Å². The number of nitrogen functional groups attached to an aromatic ring is 1. The molecule has 1 aromatic carbocycles. The minimum Gasteiger partial charge on any atom is -0.390 e. The molecule has 9 heteroatoms. The Hall–Kier alpha value is -1.74. The number of aliphatic hydroxyl groups is 1. The SMILES string of the molecule is CC(C)(O)C(CCNS(=O)(=O)c1ccccc1)c1cnc(N)c(Cl)n1. The third kappa shape index (κ3) is 5.12. The van der Waals surface area contributed by atoms with Gasteiger partial charge in [-0.05, 0) is 32.4 Å². The van der Waals surface area contributed by atoms with Crippen LogP contribution < -0.4 is 10.5 Å². The molecule has 7 nitrogen and oxygen atoms in total. The van der Waals surface area contributed by atoms with Crippen molar-refractivity contribution in [2.45, 2.75) is 36.7 Å². The predicted octanol–water partition coefficient (Wildman–Crippen LogP) is 1.94. The van der Waals surface area contributed by atoms with Crippen LogP contribution in [0.25, 0.3) is 0 Å². The summed E-state index contributed by atoms with van der Waals surface area (Å²) in [5.41, 5.74) is 4.86. The summed E-state index contributed by atoms with van der Waals surface area (Å²) < 4.78 is 27.0. The van der Waals surface area contributed by atoms with Crippen LogP contribution >= 0.6 is 11.6 Å². The van der Waals surface area contributed by atoms with Crippen LogP contribution in [0.5, 0.6) is 0 Å². The summed E-state index contributed by atoms with van der Waals surface area (Å²) in [5, 5.41) is 10.5. The van der Waals surface area contributed by atoms with Crippen LogP contribution in [0.3, 0.4) is 0 Å². The fraction of sp³-hybridized carbons (Fsp3) is 0.375. The lowest BCUT2D eigenvalue weighted by atomic mass is 9.85. The lowest BCUT2D eigenvalue weighted by Gasteiger charge is -2.29. The first-order valence-corrected chi connectivity index (χ1v) is 9.52. The van der Waals surface area contributed by atoms with Gasteiger partial charge in [0.25, 0.3) is 0 Å². The fourth-order valence-corrected chi connectivity index (χ4v) is 3.66. The van der Waals surface area contributed by atoms with Crippen LogP contribution in [0.4, 0.5) is 5.82 Å². The first kappa shape index (κ1) is 19.6. The van der Waals surface area contributed by atoms with E-state index in [0.29, 0.717) is 12.1 Å². The zero-order valence-electron chi connectivity index (χ0n) is 14.0. The van der Waals surface area contributed by atoms with Crippen molar-refractivity contribution in [1.29, 1.82) is 0 Å². The Bertz CT molecular complexity index is 823. The number of halogens is 1. The second-order valence-corrected chi connectivity index (χ2v) is 8.30. The Balaban J connectivity index is 2.12. The van der Waals surface area contributed by atoms with Crippen molar-refractivity contribution < 1.29 is 13.5 Å². The number of hydrogen-bond donors (Lipinski definition) is 3. The molecule has 1 aromatic heterocycles. The van der Waals surface area contributed by atoms with Gasteiger partial charge in [-0.25, -0.2) is 23.1 Å². The summed E-state index contributed by atoms with van der Waals surface area (Å²) in [4.78, 5) is 8.29. The number of anilines is 1. The molecule has 136 valence electrons. The van der Waals surface area contributed by atoms with Gasteiger partial charge in [0, 0.05) is 12.5 Å². The average Bonchev–Trinajstić information content (AvgIpc) is 2.54. The molecule has 25 heavy (non-hydrogen) atoms. The molecule has 0 radical (unpaired) electrons. The standard InChI is InChI=1S/C16H21ClN4O3S/c1-16(2,22)12(13-10-19-15(18)14(17)21-13)8-9-20-25(23,24)11-6-4-3-5-7-11/h3-7,10,12,20,22H,8-9H2,1-2H3,(H2,18,19). The van der Waals surface area contributed by atoms with E-state index in [-0.39, 0.29) is 22.4 Å².